The van der Waals surface area contributed by atoms with E-state index in [4.69, 9.17) is 9.72 Å². The summed E-state index contributed by atoms with van der Waals surface area (Å²) in [6.07, 6.45) is 3.48. The maximum atomic E-state index is 14.1. The molecule has 1 amide bonds. The Bertz CT molecular complexity index is 1020. The van der Waals surface area contributed by atoms with Crippen LogP contribution in [0.25, 0.3) is 11.4 Å². The number of aryl methyl sites for hydroxylation is 1. The summed E-state index contributed by atoms with van der Waals surface area (Å²) < 4.78 is 21.5. The zero-order valence-electron chi connectivity index (χ0n) is 15.9. The van der Waals surface area contributed by atoms with Crippen LogP contribution in [0.4, 0.5) is 4.39 Å². The highest BCUT2D eigenvalue weighted by Gasteiger charge is 2.27. The van der Waals surface area contributed by atoms with E-state index in [2.05, 4.69) is 9.55 Å². The second-order valence-electron chi connectivity index (χ2n) is 6.66. The second kappa shape index (κ2) is 7.42. The average molecular weight is 380 g/mol. The second-order valence-corrected chi connectivity index (χ2v) is 6.66. The highest BCUT2D eigenvalue weighted by atomic mass is 19.1. The Kier molecular flexibility index (Phi) is 4.81. The molecule has 0 unspecified atom stereocenters. The van der Waals surface area contributed by atoms with Crippen molar-refractivity contribution in [2.45, 2.75) is 26.9 Å². The molecule has 4 rings (SSSR count). The van der Waals surface area contributed by atoms with Gasteiger partial charge >= 0.3 is 0 Å². The van der Waals surface area contributed by atoms with Gasteiger partial charge in [0.05, 0.1) is 24.5 Å². The fraction of sp³-hybridized carbons (Fsp3) is 0.286. The number of halogens is 1. The van der Waals surface area contributed by atoms with E-state index in [1.165, 1.54) is 12.1 Å². The number of hydrogen-bond donors (Lipinski definition) is 0. The van der Waals surface area contributed by atoms with Crippen LogP contribution in [0.15, 0.2) is 42.7 Å². The minimum atomic E-state index is -0.522. The zero-order chi connectivity index (χ0) is 19.7. The normalized spacial score (nSPS) is 13.3. The first-order chi connectivity index (χ1) is 13.6. The molecule has 1 aliphatic rings. The van der Waals surface area contributed by atoms with Crippen LogP contribution in [0.3, 0.4) is 0 Å². The third-order valence-electron chi connectivity index (χ3n) is 4.91. The summed E-state index contributed by atoms with van der Waals surface area (Å²) in [5, 5.41) is 0. The van der Waals surface area contributed by atoms with Gasteiger partial charge in [0.25, 0.3) is 5.91 Å². The van der Waals surface area contributed by atoms with Gasteiger partial charge in [0.2, 0.25) is 0 Å². The van der Waals surface area contributed by atoms with Crippen molar-refractivity contribution in [3.8, 4) is 17.1 Å². The van der Waals surface area contributed by atoms with Crippen LogP contribution in [0.5, 0.6) is 5.75 Å². The number of hydrogen-bond acceptors (Lipinski definition) is 4. The third-order valence-corrected chi connectivity index (χ3v) is 4.91. The Hall–Kier alpha value is -3.22. The molecule has 0 saturated carbocycles. The Labute approximate surface area is 162 Å². The first kappa shape index (κ1) is 18.2. The van der Waals surface area contributed by atoms with E-state index in [0.29, 0.717) is 31.8 Å². The van der Waals surface area contributed by atoms with Gasteiger partial charge in [-0.3, -0.25) is 9.78 Å². The first-order valence-electron chi connectivity index (χ1n) is 9.26. The first-order valence-corrected chi connectivity index (χ1v) is 9.26. The Morgan fingerprint density at radius 3 is 2.71 bits per heavy atom. The lowest BCUT2D eigenvalue weighted by Gasteiger charge is -2.29. The summed E-state index contributed by atoms with van der Waals surface area (Å²) in [5.41, 5.74) is 3.21. The molecule has 0 aliphatic carbocycles. The van der Waals surface area contributed by atoms with E-state index >= 15 is 0 Å². The Morgan fingerprint density at radius 2 is 2.00 bits per heavy atom. The van der Waals surface area contributed by atoms with Crippen molar-refractivity contribution < 1.29 is 13.9 Å². The average Bonchev–Trinajstić information content (AvgIpc) is 3.06. The Morgan fingerprint density at radius 1 is 1.21 bits per heavy atom. The van der Waals surface area contributed by atoms with Crippen LogP contribution in [-0.2, 0) is 13.1 Å². The molecule has 3 heterocycles. The summed E-state index contributed by atoms with van der Waals surface area (Å²) >= 11 is 0. The predicted molar refractivity (Wildman–Crippen MR) is 103 cm³/mol. The summed E-state index contributed by atoms with van der Waals surface area (Å²) in [7, 11) is 0. The molecule has 144 valence electrons. The highest BCUT2D eigenvalue weighted by molar-refractivity contribution is 5.94. The third kappa shape index (κ3) is 3.24. The lowest BCUT2D eigenvalue weighted by Crippen LogP contribution is -2.38. The number of imidazole rings is 1. The maximum Gasteiger partial charge on any atom is 0.254 e. The van der Waals surface area contributed by atoms with Gasteiger partial charge in [0.15, 0.2) is 11.6 Å². The van der Waals surface area contributed by atoms with Crippen LogP contribution in [0, 0.1) is 12.7 Å². The van der Waals surface area contributed by atoms with E-state index < -0.39 is 5.82 Å². The van der Waals surface area contributed by atoms with Gasteiger partial charge in [-0.2, -0.15) is 0 Å². The van der Waals surface area contributed by atoms with Crippen molar-refractivity contribution >= 4 is 5.91 Å². The largest absolute Gasteiger partial charge is 0.491 e. The van der Waals surface area contributed by atoms with Crippen molar-refractivity contribution in [1.82, 2.24) is 19.4 Å². The lowest BCUT2D eigenvalue weighted by molar-refractivity contribution is 0.0710. The zero-order valence-corrected chi connectivity index (χ0v) is 15.9. The maximum absolute atomic E-state index is 14.1. The van der Waals surface area contributed by atoms with Gasteiger partial charge in [0.1, 0.15) is 5.82 Å². The number of carbonyl (C=O) groups is 1. The number of carbonyl (C=O) groups excluding carboxylic acids is 1. The molecule has 0 atom stereocenters. The van der Waals surface area contributed by atoms with E-state index in [-0.39, 0.29) is 11.7 Å². The number of pyridine rings is 1. The monoisotopic (exact) mass is 380 g/mol. The molecule has 1 aromatic carbocycles. The predicted octanol–water partition coefficient (Wildman–Crippen LogP) is 3.45. The molecule has 0 bridgehead atoms. The standard InChI is InChI=1S/C21H21FN4O2/c1-3-28-19-5-4-16(12-17(19)22)21(27)25-10-11-26-18(13-25)14(2)24-20(26)15-6-8-23-9-7-15/h4-9,12H,3,10-11,13H2,1-2H3. The molecule has 0 radical (unpaired) electrons. The molecule has 28 heavy (non-hydrogen) atoms. The van der Waals surface area contributed by atoms with E-state index in [9.17, 15) is 9.18 Å². The molecule has 0 fully saturated rings. The number of ether oxygens (including phenoxy) is 1. The molecule has 3 aromatic rings. The number of amides is 1. The molecule has 1 aliphatic heterocycles. The number of nitrogens with zero attached hydrogens (tertiary/aromatic N) is 4. The van der Waals surface area contributed by atoms with Crippen LogP contribution in [-0.4, -0.2) is 38.5 Å². The smallest absolute Gasteiger partial charge is 0.254 e. The van der Waals surface area contributed by atoms with Crippen molar-refractivity contribution in [2.24, 2.45) is 0 Å². The molecule has 0 N–H and O–H groups in total. The molecule has 2 aromatic heterocycles. The van der Waals surface area contributed by atoms with Crippen molar-refractivity contribution in [3.63, 3.8) is 0 Å². The number of fused-ring (bicyclic) bond motifs is 1. The van der Waals surface area contributed by atoms with E-state index in [1.807, 2.05) is 19.1 Å². The molecule has 0 spiro atoms. The quantitative estimate of drug-likeness (QED) is 0.696. The van der Waals surface area contributed by atoms with Gasteiger partial charge in [-0.05, 0) is 44.2 Å². The number of rotatable bonds is 4. The highest BCUT2D eigenvalue weighted by Crippen LogP contribution is 2.27. The van der Waals surface area contributed by atoms with Crippen molar-refractivity contribution in [3.05, 3.63) is 65.5 Å². The van der Waals surface area contributed by atoms with Gasteiger partial charge < -0.3 is 14.2 Å². The minimum Gasteiger partial charge on any atom is -0.491 e. The number of benzene rings is 1. The SMILES string of the molecule is CCOc1ccc(C(=O)N2CCn3c(-c4ccncc4)nc(C)c3C2)cc1F. The van der Waals surface area contributed by atoms with E-state index in [0.717, 1.165) is 22.8 Å². The lowest BCUT2D eigenvalue weighted by atomic mass is 10.1. The summed E-state index contributed by atoms with van der Waals surface area (Å²) in [6, 6.07) is 8.21. The van der Waals surface area contributed by atoms with E-state index in [1.54, 1.807) is 30.3 Å². The topological polar surface area (TPSA) is 60.2 Å². The van der Waals surface area contributed by atoms with Gasteiger partial charge in [0, 0.05) is 36.6 Å². The van der Waals surface area contributed by atoms with Crippen LogP contribution >= 0.6 is 0 Å². The molecule has 7 heteroatoms. The minimum absolute atomic E-state index is 0.161. The summed E-state index contributed by atoms with van der Waals surface area (Å²) in [6.45, 7) is 5.73. The van der Waals surface area contributed by atoms with Crippen molar-refractivity contribution in [1.29, 1.82) is 0 Å². The van der Waals surface area contributed by atoms with Crippen LogP contribution < -0.4 is 4.74 Å². The number of aromatic nitrogens is 3. The van der Waals surface area contributed by atoms with Crippen molar-refractivity contribution in [2.75, 3.05) is 13.2 Å². The molecular weight excluding hydrogens is 359 g/mol. The van der Waals surface area contributed by atoms with Crippen LogP contribution in [0.2, 0.25) is 0 Å². The fourth-order valence-corrected chi connectivity index (χ4v) is 3.51. The summed E-state index contributed by atoms with van der Waals surface area (Å²) in [4.78, 5) is 23.4. The fourth-order valence-electron chi connectivity index (χ4n) is 3.51. The van der Waals surface area contributed by atoms with Crippen LogP contribution in [0.1, 0.15) is 28.7 Å². The van der Waals surface area contributed by atoms with Gasteiger partial charge in [-0.15, -0.1) is 0 Å². The summed E-state index contributed by atoms with van der Waals surface area (Å²) in [5.74, 6) is 0.327. The Balaban J connectivity index is 1.58. The molecule has 0 saturated heterocycles. The van der Waals surface area contributed by atoms with Gasteiger partial charge in [-0.1, -0.05) is 0 Å². The molecule has 6 nitrogen and oxygen atoms in total. The van der Waals surface area contributed by atoms with Gasteiger partial charge in [-0.25, -0.2) is 9.37 Å². The molecular formula is C21H21FN4O2.